The van der Waals surface area contributed by atoms with Gasteiger partial charge >= 0.3 is 0 Å². The van der Waals surface area contributed by atoms with Gasteiger partial charge in [-0.1, -0.05) is 11.6 Å². The van der Waals surface area contributed by atoms with Crippen LogP contribution in [0.3, 0.4) is 0 Å². The van der Waals surface area contributed by atoms with Crippen LogP contribution < -0.4 is 16.4 Å². The van der Waals surface area contributed by atoms with Gasteiger partial charge in [-0.25, -0.2) is 8.78 Å². The summed E-state index contributed by atoms with van der Waals surface area (Å²) in [5.74, 6) is -4.39. The van der Waals surface area contributed by atoms with Crippen molar-refractivity contribution in [2.75, 3.05) is 13.1 Å². The van der Waals surface area contributed by atoms with Crippen LogP contribution in [0.2, 0.25) is 5.02 Å². The van der Waals surface area contributed by atoms with Crippen molar-refractivity contribution in [3.63, 3.8) is 0 Å². The van der Waals surface area contributed by atoms with Crippen molar-refractivity contribution in [1.29, 1.82) is 0 Å². The average Bonchev–Trinajstić information content (AvgIpc) is 2.45. The third-order valence-electron chi connectivity index (χ3n) is 2.67. The lowest BCUT2D eigenvalue weighted by Crippen LogP contribution is -2.49. The minimum atomic E-state index is -3.17. The molecule has 5 nitrogen and oxygen atoms in total. The van der Waals surface area contributed by atoms with Crippen LogP contribution in [0.1, 0.15) is 17.3 Å². The van der Waals surface area contributed by atoms with Crippen LogP contribution in [0.25, 0.3) is 0 Å². The monoisotopic (exact) mass is 355 g/mol. The highest BCUT2D eigenvalue weighted by Gasteiger charge is 2.28. The Balaban J connectivity index is 0.00000441. The van der Waals surface area contributed by atoms with Gasteiger partial charge in [0.25, 0.3) is 11.8 Å². The molecule has 2 amide bonds. The van der Waals surface area contributed by atoms with Gasteiger partial charge in [0.1, 0.15) is 6.04 Å². The molecule has 0 heterocycles. The lowest BCUT2D eigenvalue weighted by molar-refractivity contribution is -0.124. The molecule has 0 aliphatic heterocycles. The Morgan fingerprint density at radius 2 is 1.86 bits per heavy atom. The number of nitrogens with two attached hydrogens (primary N) is 1. The van der Waals surface area contributed by atoms with E-state index in [-0.39, 0.29) is 12.4 Å². The first-order valence-electron chi connectivity index (χ1n) is 6.17. The molecule has 1 aromatic carbocycles. The molecule has 0 aliphatic carbocycles. The maximum atomic E-state index is 12.9. The first kappa shape index (κ1) is 20.6. The second kappa shape index (κ2) is 8.87. The predicted molar refractivity (Wildman–Crippen MR) is 82.6 cm³/mol. The van der Waals surface area contributed by atoms with Crippen molar-refractivity contribution < 1.29 is 18.4 Å². The number of hydrogen-bond donors (Lipinski definition) is 3. The normalized spacial score (nSPS) is 12.0. The highest BCUT2D eigenvalue weighted by Crippen LogP contribution is 2.10. The van der Waals surface area contributed by atoms with Crippen molar-refractivity contribution in [1.82, 2.24) is 10.6 Å². The molecule has 1 aromatic rings. The van der Waals surface area contributed by atoms with Crippen molar-refractivity contribution in [2.24, 2.45) is 5.73 Å². The summed E-state index contributed by atoms with van der Waals surface area (Å²) in [6.07, 6.45) is 0. The summed E-state index contributed by atoms with van der Waals surface area (Å²) in [6, 6.07) is 5.09. The molecule has 0 radical (unpaired) electrons. The summed E-state index contributed by atoms with van der Waals surface area (Å²) in [4.78, 5) is 23.4. The van der Waals surface area contributed by atoms with E-state index in [0.29, 0.717) is 10.6 Å². The van der Waals surface area contributed by atoms with Gasteiger partial charge in [0.15, 0.2) is 0 Å². The molecule has 22 heavy (non-hydrogen) atoms. The topological polar surface area (TPSA) is 84.2 Å². The van der Waals surface area contributed by atoms with Gasteiger partial charge in [-0.15, -0.1) is 12.4 Å². The molecule has 4 N–H and O–H groups in total. The van der Waals surface area contributed by atoms with Crippen molar-refractivity contribution in [3.05, 3.63) is 34.9 Å². The highest BCUT2D eigenvalue weighted by molar-refractivity contribution is 6.30. The maximum Gasteiger partial charge on any atom is 0.277 e. The smallest absolute Gasteiger partial charge is 0.277 e. The summed E-state index contributed by atoms with van der Waals surface area (Å²) in [5.41, 5.74) is 5.17. The van der Waals surface area contributed by atoms with Crippen molar-refractivity contribution in [3.8, 4) is 0 Å². The number of carbonyl (C=O) groups excluding carboxylic acids is 2. The minimum absolute atomic E-state index is 0. The molecule has 1 atom stereocenters. The van der Waals surface area contributed by atoms with Gasteiger partial charge < -0.3 is 16.4 Å². The van der Waals surface area contributed by atoms with Crippen LogP contribution in [0.4, 0.5) is 8.78 Å². The van der Waals surface area contributed by atoms with Gasteiger partial charge in [0, 0.05) is 10.6 Å². The lowest BCUT2D eigenvalue weighted by atomic mass is 10.2. The second-order valence-electron chi connectivity index (χ2n) is 4.48. The van der Waals surface area contributed by atoms with Gasteiger partial charge in [-0.3, -0.25) is 9.59 Å². The second-order valence-corrected chi connectivity index (χ2v) is 4.92. The van der Waals surface area contributed by atoms with E-state index < -0.39 is 36.9 Å². The highest BCUT2D eigenvalue weighted by atomic mass is 35.5. The zero-order valence-electron chi connectivity index (χ0n) is 11.7. The molecule has 0 saturated carbocycles. The SMILES string of the molecule is CC(NC(=O)c1ccc(Cl)cc1)C(=O)NCC(F)(F)CN.Cl. The van der Waals surface area contributed by atoms with Crippen LogP contribution in [-0.2, 0) is 4.79 Å². The number of benzene rings is 1. The van der Waals surface area contributed by atoms with E-state index in [2.05, 4.69) is 5.32 Å². The van der Waals surface area contributed by atoms with Crippen molar-refractivity contribution in [2.45, 2.75) is 18.9 Å². The van der Waals surface area contributed by atoms with E-state index in [0.717, 1.165) is 0 Å². The number of nitrogens with one attached hydrogen (secondary N) is 2. The molecule has 9 heteroatoms. The fourth-order valence-electron chi connectivity index (χ4n) is 1.39. The van der Waals surface area contributed by atoms with E-state index in [9.17, 15) is 18.4 Å². The third kappa shape index (κ3) is 6.55. The Labute approximate surface area is 138 Å². The number of rotatable bonds is 6. The molecule has 1 unspecified atom stereocenters. The third-order valence-corrected chi connectivity index (χ3v) is 2.92. The van der Waals surface area contributed by atoms with Gasteiger partial charge in [0.2, 0.25) is 5.91 Å². The van der Waals surface area contributed by atoms with E-state index >= 15 is 0 Å². The predicted octanol–water partition coefficient (Wildman–Crippen LogP) is 1.59. The molecule has 0 fully saturated rings. The van der Waals surface area contributed by atoms with E-state index in [4.69, 9.17) is 17.3 Å². The molecule has 0 saturated heterocycles. The van der Waals surface area contributed by atoms with Crippen LogP contribution in [-0.4, -0.2) is 36.9 Å². The fraction of sp³-hybridized carbons (Fsp3) is 0.385. The Kier molecular flexibility index (Phi) is 8.29. The fourth-order valence-corrected chi connectivity index (χ4v) is 1.51. The summed E-state index contributed by atoms with van der Waals surface area (Å²) < 4.78 is 25.8. The van der Waals surface area contributed by atoms with E-state index in [1.165, 1.54) is 31.2 Å². The Bertz CT molecular complexity index is 513. The zero-order valence-corrected chi connectivity index (χ0v) is 13.3. The number of alkyl halides is 2. The number of carbonyl (C=O) groups is 2. The van der Waals surface area contributed by atoms with Crippen LogP contribution >= 0.6 is 24.0 Å². The first-order valence-corrected chi connectivity index (χ1v) is 6.55. The molecule has 0 aromatic heterocycles. The maximum absolute atomic E-state index is 12.9. The summed E-state index contributed by atoms with van der Waals surface area (Å²) in [7, 11) is 0. The van der Waals surface area contributed by atoms with E-state index in [1.807, 2.05) is 5.32 Å². The Hall–Kier alpha value is -1.44. The zero-order chi connectivity index (χ0) is 16.0. The van der Waals surface area contributed by atoms with Gasteiger partial charge in [-0.2, -0.15) is 0 Å². The Morgan fingerprint density at radius 3 is 2.36 bits per heavy atom. The summed E-state index contributed by atoms with van der Waals surface area (Å²) in [6.45, 7) is -0.341. The molecular weight excluding hydrogens is 339 g/mol. The molecule has 0 aliphatic rings. The summed E-state index contributed by atoms with van der Waals surface area (Å²) in [5, 5.41) is 4.91. The summed E-state index contributed by atoms with van der Waals surface area (Å²) >= 11 is 5.69. The van der Waals surface area contributed by atoms with E-state index in [1.54, 1.807) is 0 Å². The largest absolute Gasteiger partial charge is 0.348 e. The molecular formula is C13H17Cl2F2N3O2. The first-order chi connectivity index (χ1) is 9.75. The van der Waals surface area contributed by atoms with Crippen LogP contribution in [0.5, 0.6) is 0 Å². The minimum Gasteiger partial charge on any atom is -0.348 e. The van der Waals surface area contributed by atoms with Gasteiger partial charge in [0.05, 0.1) is 13.1 Å². The van der Waals surface area contributed by atoms with Crippen LogP contribution in [0, 0.1) is 0 Å². The van der Waals surface area contributed by atoms with Crippen molar-refractivity contribution >= 4 is 35.8 Å². The van der Waals surface area contributed by atoms with Gasteiger partial charge in [-0.05, 0) is 31.2 Å². The number of halogens is 4. The molecule has 1 rings (SSSR count). The number of amides is 2. The standard InChI is InChI=1S/C13H16ClF2N3O2.ClH/c1-8(11(20)18-7-13(15,16)6-17)19-12(21)9-2-4-10(14)5-3-9;/h2-5,8H,6-7,17H2,1H3,(H,18,20)(H,19,21);1H. The Morgan fingerprint density at radius 1 is 1.32 bits per heavy atom. The molecule has 0 bridgehead atoms. The van der Waals surface area contributed by atoms with Crippen LogP contribution in [0.15, 0.2) is 24.3 Å². The molecule has 0 spiro atoms. The number of hydrogen-bond acceptors (Lipinski definition) is 3. The molecule has 124 valence electrons. The average molecular weight is 356 g/mol. The quantitative estimate of drug-likeness (QED) is 0.724. The lowest BCUT2D eigenvalue weighted by Gasteiger charge is -2.18.